The fourth-order valence-corrected chi connectivity index (χ4v) is 2.40. The molecule has 0 atom stereocenters. The minimum absolute atomic E-state index is 0.0427. The number of amides is 1. The molecule has 3 rings (SSSR count). The standard InChI is InChI=1S/C19H21NO2/c21-19(20-17-10-11-17)18-9-5-4-8-16(18)12-13-22-14-15-6-2-1-3-7-15/h1-9,17H,10-14H2,(H,20,21). The summed E-state index contributed by atoms with van der Waals surface area (Å²) in [5.74, 6) is 0.0427. The number of hydrogen-bond acceptors (Lipinski definition) is 2. The first-order chi connectivity index (χ1) is 10.8. The molecule has 1 fully saturated rings. The summed E-state index contributed by atoms with van der Waals surface area (Å²) in [5.41, 5.74) is 2.99. The maximum atomic E-state index is 12.2. The third-order valence-electron chi connectivity index (χ3n) is 3.80. The number of nitrogens with one attached hydrogen (secondary N) is 1. The van der Waals surface area contributed by atoms with Crippen LogP contribution in [-0.2, 0) is 17.8 Å². The van der Waals surface area contributed by atoms with Crippen LogP contribution < -0.4 is 5.32 Å². The molecular formula is C19H21NO2. The molecule has 0 unspecified atom stereocenters. The van der Waals surface area contributed by atoms with E-state index in [4.69, 9.17) is 4.74 Å². The van der Waals surface area contributed by atoms with Crippen molar-refractivity contribution < 1.29 is 9.53 Å². The van der Waals surface area contributed by atoms with Gasteiger partial charge in [-0.25, -0.2) is 0 Å². The van der Waals surface area contributed by atoms with Gasteiger partial charge in [-0.2, -0.15) is 0 Å². The summed E-state index contributed by atoms with van der Waals surface area (Å²) >= 11 is 0. The third kappa shape index (κ3) is 4.18. The smallest absolute Gasteiger partial charge is 0.251 e. The molecule has 0 heterocycles. The first kappa shape index (κ1) is 14.8. The number of carbonyl (C=O) groups is 1. The zero-order valence-electron chi connectivity index (χ0n) is 12.6. The van der Waals surface area contributed by atoms with Crippen molar-refractivity contribution in [1.29, 1.82) is 0 Å². The molecule has 1 aliphatic carbocycles. The highest BCUT2D eigenvalue weighted by Gasteiger charge is 2.24. The normalized spacial score (nSPS) is 13.8. The molecule has 22 heavy (non-hydrogen) atoms. The van der Waals surface area contributed by atoms with Crippen LogP contribution in [0, 0.1) is 0 Å². The molecule has 3 nitrogen and oxygen atoms in total. The maximum Gasteiger partial charge on any atom is 0.251 e. The Balaban J connectivity index is 1.52. The van der Waals surface area contributed by atoms with Gasteiger partial charge in [0.1, 0.15) is 0 Å². The van der Waals surface area contributed by atoms with E-state index in [1.165, 1.54) is 5.56 Å². The van der Waals surface area contributed by atoms with Crippen LogP contribution in [0.25, 0.3) is 0 Å². The fourth-order valence-electron chi connectivity index (χ4n) is 2.40. The molecule has 0 aromatic heterocycles. The lowest BCUT2D eigenvalue weighted by Gasteiger charge is -2.10. The molecule has 0 aliphatic heterocycles. The highest BCUT2D eigenvalue weighted by molar-refractivity contribution is 5.96. The van der Waals surface area contributed by atoms with Gasteiger partial charge in [-0.15, -0.1) is 0 Å². The Labute approximate surface area is 131 Å². The van der Waals surface area contributed by atoms with Gasteiger partial charge >= 0.3 is 0 Å². The van der Waals surface area contributed by atoms with Crippen LogP contribution in [0.4, 0.5) is 0 Å². The van der Waals surface area contributed by atoms with Gasteiger partial charge in [-0.05, 0) is 36.5 Å². The van der Waals surface area contributed by atoms with Crippen molar-refractivity contribution in [2.24, 2.45) is 0 Å². The second kappa shape index (κ2) is 7.23. The van der Waals surface area contributed by atoms with Crippen molar-refractivity contribution in [3.05, 3.63) is 71.3 Å². The van der Waals surface area contributed by atoms with Gasteiger partial charge < -0.3 is 10.1 Å². The van der Waals surface area contributed by atoms with Crippen molar-refractivity contribution in [2.45, 2.75) is 31.9 Å². The average Bonchev–Trinajstić information content (AvgIpc) is 3.37. The molecule has 0 saturated heterocycles. The summed E-state index contributed by atoms with van der Waals surface area (Å²) in [4.78, 5) is 12.2. The van der Waals surface area contributed by atoms with E-state index in [-0.39, 0.29) is 5.91 Å². The van der Waals surface area contributed by atoms with Crippen molar-refractivity contribution >= 4 is 5.91 Å². The van der Waals surface area contributed by atoms with Gasteiger partial charge in [-0.3, -0.25) is 4.79 Å². The number of benzene rings is 2. The fraction of sp³-hybridized carbons (Fsp3) is 0.316. The largest absolute Gasteiger partial charge is 0.376 e. The van der Waals surface area contributed by atoms with E-state index in [0.717, 1.165) is 30.4 Å². The van der Waals surface area contributed by atoms with E-state index in [1.54, 1.807) is 0 Å². The van der Waals surface area contributed by atoms with Crippen LogP contribution in [0.15, 0.2) is 54.6 Å². The summed E-state index contributed by atoms with van der Waals surface area (Å²) in [5, 5.41) is 3.05. The predicted octanol–water partition coefficient (Wildman–Crippen LogP) is 3.34. The Hall–Kier alpha value is -2.13. The maximum absolute atomic E-state index is 12.2. The van der Waals surface area contributed by atoms with E-state index >= 15 is 0 Å². The van der Waals surface area contributed by atoms with Crippen LogP contribution in [0.5, 0.6) is 0 Å². The molecule has 1 N–H and O–H groups in total. The molecule has 2 aromatic rings. The molecule has 2 aromatic carbocycles. The van der Waals surface area contributed by atoms with E-state index in [9.17, 15) is 4.79 Å². The summed E-state index contributed by atoms with van der Waals surface area (Å²) in [7, 11) is 0. The van der Waals surface area contributed by atoms with Crippen LogP contribution >= 0.6 is 0 Å². The lowest BCUT2D eigenvalue weighted by Crippen LogP contribution is -2.26. The Bertz CT molecular complexity index is 620. The van der Waals surface area contributed by atoms with Crippen LogP contribution in [0.1, 0.15) is 34.3 Å². The van der Waals surface area contributed by atoms with Gasteiger partial charge in [0.15, 0.2) is 0 Å². The molecule has 0 spiro atoms. The molecule has 1 aliphatic rings. The topological polar surface area (TPSA) is 38.3 Å². The van der Waals surface area contributed by atoms with Crippen molar-refractivity contribution in [3.8, 4) is 0 Å². The van der Waals surface area contributed by atoms with Gasteiger partial charge in [0.05, 0.1) is 13.2 Å². The second-order valence-corrected chi connectivity index (χ2v) is 5.69. The second-order valence-electron chi connectivity index (χ2n) is 5.69. The van der Waals surface area contributed by atoms with E-state index in [1.807, 2.05) is 42.5 Å². The predicted molar refractivity (Wildman–Crippen MR) is 86.7 cm³/mol. The SMILES string of the molecule is O=C(NC1CC1)c1ccccc1CCOCc1ccccc1. The first-order valence-electron chi connectivity index (χ1n) is 7.83. The lowest BCUT2D eigenvalue weighted by atomic mass is 10.0. The van der Waals surface area contributed by atoms with Gasteiger partial charge in [-0.1, -0.05) is 48.5 Å². The monoisotopic (exact) mass is 295 g/mol. The molecule has 1 amide bonds. The quantitative estimate of drug-likeness (QED) is 0.796. The van der Waals surface area contributed by atoms with Crippen LogP contribution in [0.3, 0.4) is 0 Å². The molecule has 0 radical (unpaired) electrons. The van der Waals surface area contributed by atoms with Gasteiger partial charge in [0.25, 0.3) is 5.91 Å². The molecular weight excluding hydrogens is 274 g/mol. The van der Waals surface area contributed by atoms with Gasteiger partial charge in [0, 0.05) is 11.6 Å². The van der Waals surface area contributed by atoms with E-state index < -0.39 is 0 Å². The zero-order chi connectivity index (χ0) is 15.2. The summed E-state index contributed by atoms with van der Waals surface area (Å²) in [6, 6.07) is 18.3. The minimum atomic E-state index is 0.0427. The minimum Gasteiger partial charge on any atom is -0.376 e. The third-order valence-corrected chi connectivity index (χ3v) is 3.80. The number of carbonyl (C=O) groups excluding carboxylic acids is 1. The molecule has 0 bridgehead atoms. The number of rotatable bonds is 7. The van der Waals surface area contributed by atoms with Crippen molar-refractivity contribution in [1.82, 2.24) is 5.32 Å². The van der Waals surface area contributed by atoms with Crippen molar-refractivity contribution in [3.63, 3.8) is 0 Å². The average molecular weight is 295 g/mol. The Morgan fingerprint density at radius 1 is 1.05 bits per heavy atom. The van der Waals surface area contributed by atoms with E-state index in [0.29, 0.717) is 19.3 Å². The number of ether oxygens (including phenoxy) is 1. The molecule has 3 heteroatoms. The van der Waals surface area contributed by atoms with Crippen LogP contribution in [0.2, 0.25) is 0 Å². The summed E-state index contributed by atoms with van der Waals surface area (Å²) in [6.45, 7) is 1.22. The zero-order valence-corrected chi connectivity index (χ0v) is 12.6. The Kier molecular flexibility index (Phi) is 4.86. The number of hydrogen-bond donors (Lipinski definition) is 1. The van der Waals surface area contributed by atoms with E-state index in [2.05, 4.69) is 17.4 Å². The first-order valence-corrected chi connectivity index (χ1v) is 7.83. The van der Waals surface area contributed by atoms with Gasteiger partial charge in [0.2, 0.25) is 0 Å². The molecule has 114 valence electrons. The summed E-state index contributed by atoms with van der Waals surface area (Å²) in [6.07, 6.45) is 2.96. The van der Waals surface area contributed by atoms with Crippen LogP contribution in [-0.4, -0.2) is 18.6 Å². The highest BCUT2D eigenvalue weighted by atomic mass is 16.5. The van der Waals surface area contributed by atoms with Crippen molar-refractivity contribution in [2.75, 3.05) is 6.61 Å². The Morgan fingerprint density at radius 2 is 1.77 bits per heavy atom. The lowest BCUT2D eigenvalue weighted by molar-refractivity contribution is 0.0948. The Morgan fingerprint density at radius 3 is 2.55 bits per heavy atom. The summed E-state index contributed by atoms with van der Waals surface area (Å²) < 4.78 is 5.72. The highest BCUT2D eigenvalue weighted by Crippen LogP contribution is 2.20. The molecule has 1 saturated carbocycles.